The summed E-state index contributed by atoms with van der Waals surface area (Å²) in [7, 11) is 0. The number of pyridine rings is 1. The zero-order chi connectivity index (χ0) is 13.1. The second kappa shape index (κ2) is 5.35. The molecule has 0 aliphatic heterocycles. The third kappa shape index (κ3) is 2.79. The van der Waals surface area contributed by atoms with Crippen LogP contribution in [0.15, 0.2) is 18.5 Å². The quantitative estimate of drug-likeness (QED) is 0.749. The van der Waals surface area contributed by atoms with Crippen LogP contribution in [0.3, 0.4) is 0 Å². The van der Waals surface area contributed by atoms with Crippen molar-refractivity contribution in [2.75, 3.05) is 5.32 Å². The van der Waals surface area contributed by atoms with Gasteiger partial charge in [-0.05, 0) is 31.2 Å². The van der Waals surface area contributed by atoms with Crippen LogP contribution in [0.5, 0.6) is 0 Å². The molecule has 5 nitrogen and oxygen atoms in total. The molecular formula is C13H19N3O2. The molecule has 2 rings (SSSR count). The molecule has 1 aromatic heterocycles. The summed E-state index contributed by atoms with van der Waals surface area (Å²) in [6.45, 7) is 2.06. The van der Waals surface area contributed by atoms with Crippen LogP contribution in [0, 0.1) is 5.92 Å². The second-order valence-corrected chi connectivity index (χ2v) is 4.98. The Morgan fingerprint density at radius 2 is 2.33 bits per heavy atom. The molecule has 1 aliphatic rings. The van der Waals surface area contributed by atoms with Crippen LogP contribution in [0.1, 0.15) is 36.5 Å². The number of nitrogens with one attached hydrogen (secondary N) is 1. The monoisotopic (exact) mass is 249 g/mol. The van der Waals surface area contributed by atoms with E-state index in [0.29, 0.717) is 23.6 Å². The molecule has 0 unspecified atom stereocenters. The molecule has 3 atom stereocenters. The van der Waals surface area contributed by atoms with Gasteiger partial charge >= 0.3 is 0 Å². The molecule has 1 fully saturated rings. The van der Waals surface area contributed by atoms with E-state index < -0.39 is 5.91 Å². The van der Waals surface area contributed by atoms with Gasteiger partial charge in [0.25, 0.3) is 5.91 Å². The summed E-state index contributed by atoms with van der Waals surface area (Å²) in [6, 6.07) is 1.92. The van der Waals surface area contributed by atoms with E-state index in [1.165, 1.54) is 6.20 Å². The molecule has 4 N–H and O–H groups in total. The van der Waals surface area contributed by atoms with Gasteiger partial charge in [-0.15, -0.1) is 0 Å². The predicted octanol–water partition coefficient (Wildman–Crippen LogP) is 1.14. The van der Waals surface area contributed by atoms with Gasteiger partial charge in [0, 0.05) is 18.4 Å². The van der Waals surface area contributed by atoms with Crippen molar-refractivity contribution in [2.24, 2.45) is 11.7 Å². The molecule has 0 radical (unpaired) electrons. The van der Waals surface area contributed by atoms with Crippen molar-refractivity contribution in [3.63, 3.8) is 0 Å². The van der Waals surface area contributed by atoms with Crippen molar-refractivity contribution in [1.82, 2.24) is 4.98 Å². The molecule has 1 amide bonds. The smallest absolute Gasteiger partial charge is 0.252 e. The molecular weight excluding hydrogens is 230 g/mol. The number of nitrogens with zero attached hydrogens (tertiary/aromatic N) is 1. The average molecular weight is 249 g/mol. The van der Waals surface area contributed by atoms with Crippen LogP contribution >= 0.6 is 0 Å². The molecule has 0 aromatic carbocycles. The molecule has 1 heterocycles. The van der Waals surface area contributed by atoms with Crippen molar-refractivity contribution in [3.05, 3.63) is 24.0 Å². The minimum atomic E-state index is -0.490. The lowest BCUT2D eigenvalue weighted by molar-refractivity contribution is 0.0740. The predicted molar refractivity (Wildman–Crippen MR) is 69.2 cm³/mol. The van der Waals surface area contributed by atoms with Gasteiger partial charge in [0.15, 0.2) is 0 Å². The van der Waals surface area contributed by atoms with Crippen molar-refractivity contribution in [2.45, 2.75) is 38.3 Å². The zero-order valence-corrected chi connectivity index (χ0v) is 10.5. The third-order valence-electron chi connectivity index (χ3n) is 3.60. The summed E-state index contributed by atoms with van der Waals surface area (Å²) in [5, 5.41) is 13.1. The number of nitrogens with two attached hydrogens (primary N) is 1. The first-order chi connectivity index (χ1) is 8.58. The largest absolute Gasteiger partial charge is 0.393 e. The Bertz CT molecular complexity index is 436. The average Bonchev–Trinajstić information content (AvgIpc) is 2.34. The maximum absolute atomic E-state index is 11.3. The Balaban J connectivity index is 2.08. The first kappa shape index (κ1) is 12.8. The van der Waals surface area contributed by atoms with E-state index >= 15 is 0 Å². The van der Waals surface area contributed by atoms with E-state index in [1.54, 1.807) is 12.3 Å². The Morgan fingerprint density at radius 3 is 3.00 bits per heavy atom. The van der Waals surface area contributed by atoms with Gasteiger partial charge in [-0.1, -0.05) is 6.92 Å². The lowest BCUT2D eigenvalue weighted by Gasteiger charge is -2.32. The number of amides is 1. The summed E-state index contributed by atoms with van der Waals surface area (Å²) in [5.74, 6) is -0.147. The summed E-state index contributed by atoms with van der Waals surface area (Å²) < 4.78 is 0. The maximum Gasteiger partial charge on any atom is 0.252 e. The van der Waals surface area contributed by atoms with Gasteiger partial charge < -0.3 is 16.2 Å². The Morgan fingerprint density at radius 1 is 1.56 bits per heavy atom. The summed E-state index contributed by atoms with van der Waals surface area (Å²) in [4.78, 5) is 15.2. The van der Waals surface area contributed by atoms with Crippen LogP contribution in [0.4, 0.5) is 5.69 Å². The number of aliphatic hydroxyl groups excluding tert-OH is 1. The minimum absolute atomic E-state index is 0.177. The molecule has 0 bridgehead atoms. The highest BCUT2D eigenvalue weighted by atomic mass is 16.3. The number of aliphatic hydroxyl groups is 1. The van der Waals surface area contributed by atoms with Gasteiger partial charge in [-0.2, -0.15) is 0 Å². The first-order valence-corrected chi connectivity index (χ1v) is 6.26. The number of carbonyl (C=O) groups excluding carboxylic acids is 1. The fourth-order valence-electron chi connectivity index (χ4n) is 2.37. The van der Waals surface area contributed by atoms with E-state index in [9.17, 15) is 9.90 Å². The molecule has 1 aliphatic carbocycles. The van der Waals surface area contributed by atoms with E-state index in [0.717, 1.165) is 12.8 Å². The van der Waals surface area contributed by atoms with Crippen LogP contribution in [0.25, 0.3) is 0 Å². The number of anilines is 1. The van der Waals surface area contributed by atoms with Gasteiger partial charge in [0.1, 0.15) is 0 Å². The molecule has 1 aromatic rings. The number of hydrogen-bond acceptors (Lipinski definition) is 4. The van der Waals surface area contributed by atoms with Crippen LogP contribution in [0.2, 0.25) is 0 Å². The van der Waals surface area contributed by atoms with Crippen molar-refractivity contribution in [3.8, 4) is 0 Å². The molecule has 0 spiro atoms. The summed E-state index contributed by atoms with van der Waals surface area (Å²) in [6.07, 6.45) is 5.47. The SMILES string of the molecule is C[C@@H]1CC[C@@H](Nc2ccncc2C(N)=O)C[C@H]1O. The van der Waals surface area contributed by atoms with Crippen LogP contribution < -0.4 is 11.1 Å². The highest BCUT2D eigenvalue weighted by Gasteiger charge is 2.26. The highest BCUT2D eigenvalue weighted by molar-refractivity contribution is 5.98. The second-order valence-electron chi connectivity index (χ2n) is 4.98. The fraction of sp³-hybridized carbons (Fsp3) is 0.538. The summed E-state index contributed by atoms with van der Waals surface area (Å²) in [5.41, 5.74) is 6.39. The summed E-state index contributed by atoms with van der Waals surface area (Å²) >= 11 is 0. The van der Waals surface area contributed by atoms with Gasteiger partial charge in [-0.25, -0.2) is 0 Å². The number of carbonyl (C=O) groups is 1. The standard InChI is InChI=1S/C13H19N3O2/c1-8-2-3-9(6-12(8)17)16-11-4-5-15-7-10(11)13(14)18/h4-5,7-9,12,17H,2-3,6H2,1H3,(H2,14,18)(H,15,16)/t8-,9-,12-/m1/s1. The first-order valence-electron chi connectivity index (χ1n) is 6.26. The molecule has 5 heteroatoms. The van der Waals surface area contributed by atoms with Crippen molar-refractivity contribution in [1.29, 1.82) is 0 Å². The van der Waals surface area contributed by atoms with Gasteiger partial charge in [0.05, 0.1) is 17.4 Å². The molecule has 18 heavy (non-hydrogen) atoms. The van der Waals surface area contributed by atoms with E-state index in [1.807, 2.05) is 0 Å². The molecule has 0 saturated heterocycles. The number of rotatable bonds is 3. The van der Waals surface area contributed by atoms with Crippen LogP contribution in [-0.4, -0.2) is 28.1 Å². The van der Waals surface area contributed by atoms with E-state index in [-0.39, 0.29) is 12.1 Å². The lowest BCUT2D eigenvalue weighted by atomic mass is 9.84. The number of primary amides is 1. The molecule has 98 valence electrons. The topological polar surface area (TPSA) is 88.2 Å². The van der Waals surface area contributed by atoms with Gasteiger partial charge in [-0.3, -0.25) is 9.78 Å². The highest BCUT2D eigenvalue weighted by Crippen LogP contribution is 2.27. The van der Waals surface area contributed by atoms with Gasteiger partial charge in [0.2, 0.25) is 0 Å². The van der Waals surface area contributed by atoms with Crippen molar-refractivity contribution < 1.29 is 9.90 Å². The number of hydrogen-bond donors (Lipinski definition) is 3. The maximum atomic E-state index is 11.3. The fourth-order valence-corrected chi connectivity index (χ4v) is 2.37. The van der Waals surface area contributed by atoms with E-state index in [2.05, 4.69) is 17.2 Å². The van der Waals surface area contributed by atoms with E-state index in [4.69, 9.17) is 5.73 Å². The number of aromatic nitrogens is 1. The normalized spacial score (nSPS) is 27.8. The Hall–Kier alpha value is -1.62. The Kier molecular flexibility index (Phi) is 3.81. The Labute approximate surface area is 106 Å². The van der Waals surface area contributed by atoms with Crippen molar-refractivity contribution >= 4 is 11.6 Å². The lowest BCUT2D eigenvalue weighted by Crippen LogP contribution is -2.35. The molecule has 1 saturated carbocycles. The zero-order valence-electron chi connectivity index (χ0n) is 10.5. The minimum Gasteiger partial charge on any atom is -0.393 e. The van der Waals surface area contributed by atoms with Crippen LogP contribution in [-0.2, 0) is 0 Å². The third-order valence-corrected chi connectivity index (χ3v) is 3.60.